The second-order valence-corrected chi connectivity index (χ2v) is 11.3. The van der Waals surface area contributed by atoms with E-state index in [1.54, 1.807) is 20.2 Å². The number of nitrogens with zero attached hydrogens (tertiary/aromatic N) is 2. The second-order valence-electron chi connectivity index (χ2n) is 11.3. The van der Waals surface area contributed by atoms with E-state index >= 15 is 0 Å². The number of carbonyl (C=O) groups excluding carboxylic acids is 3. The maximum absolute atomic E-state index is 14.1. The number of nitrogens with one attached hydrogen (secondary N) is 1. The van der Waals surface area contributed by atoms with Crippen molar-refractivity contribution < 1.29 is 34.8 Å². The van der Waals surface area contributed by atoms with Crippen LogP contribution in [0.4, 0.5) is 11.4 Å². The third kappa shape index (κ3) is 4.15. The number of amides is 1. The summed E-state index contributed by atoms with van der Waals surface area (Å²) in [5.41, 5.74) is 4.18. The number of fused-ring (bicyclic) bond motifs is 3. The van der Waals surface area contributed by atoms with Crippen LogP contribution >= 0.6 is 0 Å². The van der Waals surface area contributed by atoms with Crippen LogP contribution < -0.4 is 16.0 Å². The molecule has 4 atom stereocenters. The minimum atomic E-state index is -2.67. The molecule has 0 aliphatic heterocycles. The summed E-state index contributed by atoms with van der Waals surface area (Å²) in [7, 11) is 6.83. The number of aromatic hydroxyl groups is 1. The fourth-order valence-corrected chi connectivity index (χ4v) is 6.63. The topological polar surface area (TPSA) is 177 Å². The minimum absolute atomic E-state index is 0.0347. The summed E-state index contributed by atoms with van der Waals surface area (Å²) in [6, 6.07) is 10.2. The van der Waals surface area contributed by atoms with Gasteiger partial charge in [-0.1, -0.05) is 30.3 Å². The molecule has 0 aromatic heterocycles. The van der Waals surface area contributed by atoms with Crippen molar-refractivity contribution in [2.45, 2.75) is 31.0 Å². The highest BCUT2D eigenvalue weighted by atomic mass is 16.3. The molecule has 11 nitrogen and oxygen atoms in total. The number of aliphatic hydroxyl groups excluding tert-OH is 2. The Morgan fingerprint density at radius 2 is 1.76 bits per heavy atom. The first-order valence-corrected chi connectivity index (χ1v) is 13.3. The smallest absolute Gasteiger partial charge is 0.255 e. The lowest BCUT2D eigenvalue weighted by Crippen LogP contribution is -2.63. The molecule has 216 valence electrons. The first-order valence-electron chi connectivity index (χ1n) is 13.3. The van der Waals surface area contributed by atoms with Crippen molar-refractivity contribution in [3.63, 3.8) is 0 Å². The van der Waals surface area contributed by atoms with Crippen LogP contribution in [0.25, 0.3) is 0 Å². The Kier molecular flexibility index (Phi) is 6.83. The van der Waals surface area contributed by atoms with Gasteiger partial charge in [0.1, 0.15) is 22.8 Å². The molecule has 0 heterocycles. The van der Waals surface area contributed by atoms with E-state index in [0.29, 0.717) is 23.5 Å². The number of primary amides is 1. The number of anilines is 2. The average molecular weight is 563 g/mol. The van der Waals surface area contributed by atoms with E-state index in [-0.39, 0.29) is 29.7 Å². The number of nitrogens with two attached hydrogens (primary N) is 1. The lowest BCUT2D eigenvalue weighted by molar-refractivity contribution is -0.148. The number of phenols is 1. The third-order valence-corrected chi connectivity index (χ3v) is 8.51. The normalized spacial score (nSPS) is 25.6. The predicted octanol–water partition coefficient (Wildman–Crippen LogP) is 1.80. The van der Waals surface area contributed by atoms with Gasteiger partial charge in [-0.15, -0.1) is 0 Å². The summed E-state index contributed by atoms with van der Waals surface area (Å²) in [6.45, 7) is 0.373. The number of Topliss-reactive ketones (excluding diaryl/α,β-unsaturated/α-hetero) is 2. The predicted molar refractivity (Wildman–Crippen MR) is 152 cm³/mol. The van der Waals surface area contributed by atoms with Crippen LogP contribution in [0.3, 0.4) is 0 Å². The Labute approximate surface area is 237 Å². The number of allylic oxidation sites excluding steroid dienone is 1. The maximum atomic E-state index is 14.1. The number of ketones is 2. The van der Waals surface area contributed by atoms with Crippen LogP contribution in [-0.4, -0.2) is 82.6 Å². The Bertz CT molecular complexity index is 1530. The van der Waals surface area contributed by atoms with E-state index < -0.39 is 58.0 Å². The number of rotatable bonds is 6. The molecule has 3 aliphatic carbocycles. The number of phenolic OH excluding ortho intramolecular Hbond substituents is 1. The van der Waals surface area contributed by atoms with E-state index in [1.165, 1.54) is 4.90 Å². The van der Waals surface area contributed by atoms with Crippen molar-refractivity contribution >= 4 is 28.8 Å². The van der Waals surface area contributed by atoms with Crippen molar-refractivity contribution in [1.29, 1.82) is 0 Å². The Balaban J connectivity index is 1.66. The van der Waals surface area contributed by atoms with Crippen LogP contribution in [-0.2, 0) is 22.6 Å². The number of hydrogen-bond acceptors (Lipinski definition) is 10. The van der Waals surface area contributed by atoms with E-state index in [0.717, 1.165) is 5.56 Å². The summed E-state index contributed by atoms with van der Waals surface area (Å²) in [4.78, 5) is 43.1. The summed E-state index contributed by atoms with van der Waals surface area (Å²) in [5.74, 6) is -6.74. The van der Waals surface area contributed by atoms with Gasteiger partial charge in [0.05, 0.1) is 17.3 Å². The molecule has 2 aromatic carbocycles. The zero-order chi connectivity index (χ0) is 30.0. The highest BCUT2D eigenvalue weighted by molar-refractivity contribution is 6.25. The number of likely N-dealkylation sites (N-methyl/N-ethyl adjacent to an activating group) is 1. The van der Waals surface area contributed by atoms with Crippen LogP contribution in [0.15, 0.2) is 59.1 Å². The number of aliphatic hydroxyl groups is 3. The summed E-state index contributed by atoms with van der Waals surface area (Å²) in [5, 5.41) is 48.7. The van der Waals surface area contributed by atoms with Crippen LogP contribution in [0, 0.1) is 11.8 Å². The van der Waals surface area contributed by atoms with Crippen molar-refractivity contribution in [2.24, 2.45) is 17.6 Å². The molecule has 0 bridgehead atoms. The summed E-state index contributed by atoms with van der Waals surface area (Å²) < 4.78 is 0. The fourth-order valence-electron chi connectivity index (χ4n) is 6.63. The van der Waals surface area contributed by atoms with E-state index in [4.69, 9.17) is 5.73 Å². The molecular formula is C30H34N4O7. The first-order chi connectivity index (χ1) is 19.3. The van der Waals surface area contributed by atoms with Gasteiger partial charge in [0.25, 0.3) is 5.91 Å². The van der Waals surface area contributed by atoms with Gasteiger partial charge in [-0.05, 0) is 50.0 Å². The van der Waals surface area contributed by atoms with Crippen molar-refractivity contribution in [3.05, 3.63) is 75.8 Å². The fraction of sp³-hybridized carbons (Fsp3) is 0.367. The molecule has 7 N–H and O–H groups in total. The molecule has 1 amide bonds. The number of benzene rings is 2. The minimum Gasteiger partial charge on any atom is -0.510 e. The van der Waals surface area contributed by atoms with E-state index in [9.17, 15) is 34.8 Å². The van der Waals surface area contributed by atoms with E-state index in [2.05, 4.69) is 5.32 Å². The monoisotopic (exact) mass is 562 g/mol. The van der Waals surface area contributed by atoms with Gasteiger partial charge in [0, 0.05) is 37.8 Å². The van der Waals surface area contributed by atoms with Gasteiger partial charge in [0.2, 0.25) is 5.78 Å². The standard InChI is InChI=1S/C30H34N4O7/c1-33(2)19-12-18(32-13-14-8-6-5-7-9-14)24(35)21-16(19)10-15-11-17-23(34(3)4)26(37)22(29(31)40)28(39)30(17,41)27(38)20(15)25(21)36/h5-9,12,15,17,23,32,35,37-38,41H,10-11,13H2,1-4H3,(H2,31,40)/t15-,17+,23?,30+/m0/s1. The lowest BCUT2D eigenvalue weighted by atomic mass is 9.58. The Morgan fingerprint density at radius 3 is 2.34 bits per heavy atom. The van der Waals surface area contributed by atoms with Crippen molar-refractivity contribution in [2.75, 3.05) is 38.4 Å². The molecule has 0 radical (unpaired) electrons. The van der Waals surface area contributed by atoms with Gasteiger partial charge < -0.3 is 36.4 Å². The molecule has 0 saturated heterocycles. The molecule has 2 aromatic rings. The molecular weight excluding hydrogens is 528 g/mol. The molecule has 5 rings (SSSR count). The van der Waals surface area contributed by atoms with Gasteiger partial charge in [-0.2, -0.15) is 0 Å². The van der Waals surface area contributed by atoms with E-state index in [1.807, 2.05) is 49.3 Å². The highest BCUT2D eigenvalue weighted by Crippen LogP contribution is 2.53. The van der Waals surface area contributed by atoms with Crippen LogP contribution in [0.5, 0.6) is 5.75 Å². The van der Waals surface area contributed by atoms with Crippen LogP contribution in [0.2, 0.25) is 0 Å². The molecule has 41 heavy (non-hydrogen) atoms. The van der Waals surface area contributed by atoms with Crippen molar-refractivity contribution in [3.8, 4) is 5.75 Å². The van der Waals surface area contributed by atoms with Gasteiger partial charge in [-0.25, -0.2) is 0 Å². The highest BCUT2D eigenvalue weighted by Gasteiger charge is 2.63. The van der Waals surface area contributed by atoms with Gasteiger partial charge in [-0.3, -0.25) is 19.3 Å². The summed E-state index contributed by atoms with van der Waals surface area (Å²) >= 11 is 0. The zero-order valence-corrected chi connectivity index (χ0v) is 23.3. The largest absolute Gasteiger partial charge is 0.510 e. The van der Waals surface area contributed by atoms with Gasteiger partial charge in [0.15, 0.2) is 11.4 Å². The third-order valence-electron chi connectivity index (χ3n) is 8.51. The quantitative estimate of drug-likeness (QED) is 0.225. The number of hydrogen-bond donors (Lipinski definition) is 6. The van der Waals surface area contributed by atoms with Crippen LogP contribution in [0.1, 0.15) is 27.9 Å². The Morgan fingerprint density at radius 1 is 1.10 bits per heavy atom. The molecule has 1 unspecified atom stereocenters. The Hall–Kier alpha value is -4.35. The van der Waals surface area contributed by atoms with Gasteiger partial charge >= 0.3 is 0 Å². The summed E-state index contributed by atoms with van der Waals surface area (Å²) in [6.07, 6.45) is 0.252. The van der Waals surface area contributed by atoms with Crippen molar-refractivity contribution in [1.82, 2.24) is 4.90 Å². The lowest BCUT2D eigenvalue weighted by Gasteiger charge is -2.50. The first kappa shape index (κ1) is 28.2. The molecule has 0 fully saturated rings. The molecule has 11 heteroatoms. The maximum Gasteiger partial charge on any atom is 0.255 e. The molecule has 3 aliphatic rings. The number of carbonyl (C=O) groups is 3. The molecule has 0 spiro atoms. The molecule has 0 saturated carbocycles. The second kappa shape index (κ2) is 9.93. The SMILES string of the molecule is CN(C)c1cc(NCc2ccccc2)c(O)c2c1C[C@H]1C[C@@H]3C(N(C)C)C(O)=C(C(N)=O)C(=O)[C@]3(O)C(O)=C1C2=O. The average Bonchev–Trinajstić information content (AvgIpc) is 2.90. The zero-order valence-electron chi connectivity index (χ0n) is 23.3.